The molecule has 0 aliphatic heterocycles. The number of amides is 1. The molecular weight excluding hydrogens is 258 g/mol. The van der Waals surface area contributed by atoms with Crippen molar-refractivity contribution in [2.45, 2.75) is 32.6 Å². The Hall–Kier alpha value is -0.870. The van der Waals surface area contributed by atoms with Gasteiger partial charge in [0.15, 0.2) is 5.78 Å². The molecular formula is C12H16ClNO2S. The second-order valence-electron chi connectivity index (χ2n) is 3.73. The molecule has 0 unspecified atom stereocenters. The predicted octanol–water partition coefficient (Wildman–Crippen LogP) is 3.28. The topological polar surface area (TPSA) is 46.2 Å². The normalized spacial score (nSPS) is 10.2. The third-order valence-electron chi connectivity index (χ3n) is 2.28. The molecule has 1 heterocycles. The third-order valence-corrected chi connectivity index (χ3v) is 3.55. The standard InChI is InChI=1S/C12H16ClNO2S/c1-2-3-8-14-12(16)7-4-9(15)10-5-6-11(13)17-10/h5-6H,2-4,7-8H2,1H3,(H,14,16). The van der Waals surface area contributed by atoms with Crippen molar-refractivity contribution in [3.63, 3.8) is 0 Å². The van der Waals surface area contributed by atoms with E-state index in [1.165, 1.54) is 11.3 Å². The van der Waals surface area contributed by atoms with Crippen molar-refractivity contribution in [3.05, 3.63) is 21.3 Å². The first-order chi connectivity index (χ1) is 8.13. The maximum Gasteiger partial charge on any atom is 0.220 e. The van der Waals surface area contributed by atoms with Crippen LogP contribution in [0.2, 0.25) is 4.34 Å². The highest BCUT2D eigenvalue weighted by atomic mass is 35.5. The predicted molar refractivity (Wildman–Crippen MR) is 70.8 cm³/mol. The fourth-order valence-electron chi connectivity index (χ4n) is 1.31. The Bertz CT molecular complexity index is 390. The Labute approximate surface area is 110 Å². The lowest BCUT2D eigenvalue weighted by Gasteiger charge is -2.02. The minimum Gasteiger partial charge on any atom is -0.356 e. The Morgan fingerprint density at radius 1 is 1.35 bits per heavy atom. The maximum absolute atomic E-state index is 11.7. The molecule has 0 saturated carbocycles. The van der Waals surface area contributed by atoms with Crippen LogP contribution >= 0.6 is 22.9 Å². The van der Waals surface area contributed by atoms with Gasteiger partial charge in [-0.1, -0.05) is 24.9 Å². The molecule has 1 amide bonds. The maximum atomic E-state index is 11.7. The van der Waals surface area contributed by atoms with Crippen molar-refractivity contribution < 1.29 is 9.59 Å². The fraction of sp³-hybridized carbons (Fsp3) is 0.500. The van der Waals surface area contributed by atoms with Gasteiger partial charge in [-0.2, -0.15) is 0 Å². The molecule has 0 radical (unpaired) electrons. The molecule has 0 aliphatic carbocycles. The first-order valence-electron chi connectivity index (χ1n) is 5.68. The van der Waals surface area contributed by atoms with Crippen molar-refractivity contribution in [1.82, 2.24) is 5.32 Å². The van der Waals surface area contributed by atoms with Crippen LogP contribution in [0.1, 0.15) is 42.3 Å². The van der Waals surface area contributed by atoms with Crippen LogP contribution < -0.4 is 5.32 Å². The second-order valence-corrected chi connectivity index (χ2v) is 5.45. The number of ketones is 1. The lowest BCUT2D eigenvalue weighted by Crippen LogP contribution is -2.24. The zero-order valence-corrected chi connectivity index (χ0v) is 11.4. The Balaban J connectivity index is 2.26. The summed E-state index contributed by atoms with van der Waals surface area (Å²) < 4.78 is 0.598. The summed E-state index contributed by atoms with van der Waals surface area (Å²) in [5.74, 6) is -0.0815. The number of hydrogen-bond donors (Lipinski definition) is 1. The van der Waals surface area contributed by atoms with Gasteiger partial charge >= 0.3 is 0 Å². The quantitative estimate of drug-likeness (QED) is 0.612. The van der Waals surface area contributed by atoms with E-state index in [0.717, 1.165) is 12.8 Å². The Morgan fingerprint density at radius 3 is 2.71 bits per heavy atom. The van der Waals surface area contributed by atoms with E-state index < -0.39 is 0 Å². The van der Waals surface area contributed by atoms with Crippen LogP contribution in [0.4, 0.5) is 0 Å². The number of rotatable bonds is 7. The van der Waals surface area contributed by atoms with Crippen molar-refractivity contribution in [3.8, 4) is 0 Å². The molecule has 1 aromatic heterocycles. The minimum absolute atomic E-state index is 0.0208. The first-order valence-corrected chi connectivity index (χ1v) is 6.88. The SMILES string of the molecule is CCCCNC(=O)CCC(=O)c1ccc(Cl)s1. The van der Waals surface area contributed by atoms with E-state index in [9.17, 15) is 9.59 Å². The van der Waals surface area contributed by atoms with Crippen LogP contribution in [-0.4, -0.2) is 18.2 Å². The smallest absolute Gasteiger partial charge is 0.220 e. The Morgan fingerprint density at radius 2 is 2.12 bits per heavy atom. The van der Waals surface area contributed by atoms with E-state index in [1.807, 2.05) is 0 Å². The van der Waals surface area contributed by atoms with Crippen LogP contribution in [0.15, 0.2) is 12.1 Å². The number of halogens is 1. The minimum atomic E-state index is -0.0607. The van der Waals surface area contributed by atoms with Gasteiger partial charge in [-0.25, -0.2) is 0 Å². The largest absolute Gasteiger partial charge is 0.356 e. The molecule has 0 atom stereocenters. The number of carbonyl (C=O) groups excluding carboxylic acids is 2. The van der Waals surface area contributed by atoms with Gasteiger partial charge in [-0.3, -0.25) is 9.59 Å². The van der Waals surface area contributed by atoms with Gasteiger partial charge in [0.2, 0.25) is 5.91 Å². The number of Topliss-reactive ketones (excluding diaryl/α,β-unsaturated/α-hetero) is 1. The summed E-state index contributed by atoms with van der Waals surface area (Å²) in [5, 5.41) is 2.78. The Kier molecular flexibility index (Phi) is 6.22. The molecule has 0 saturated heterocycles. The number of unbranched alkanes of at least 4 members (excludes halogenated alkanes) is 1. The van der Waals surface area contributed by atoms with Gasteiger partial charge in [-0.15, -0.1) is 11.3 Å². The molecule has 0 aromatic carbocycles. The van der Waals surface area contributed by atoms with Crippen LogP contribution in [-0.2, 0) is 4.79 Å². The average molecular weight is 274 g/mol. The van der Waals surface area contributed by atoms with E-state index in [2.05, 4.69) is 12.2 Å². The monoisotopic (exact) mass is 273 g/mol. The molecule has 0 bridgehead atoms. The molecule has 0 spiro atoms. The number of carbonyl (C=O) groups is 2. The molecule has 0 aliphatic rings. The van der Waals surface area contributed by atoms with Crippen molar-refractivity contribution >= 4 is 34.6 Å². The van der Waals surface area contributed by atoms with Crippen LogP contribution in [0.25, 0.3) is 0 Å². The third kappa shape index (κ3) is 5.33. The van der Waals surface area contributed by atoms with Gasteiger partial charge in [0.25, 0.3) is 0 Å². The van der Waals surface area contributed by atoms with Gasteiger partial charge in [0.1, 0.15) is 0 Å². The van der Waals surface area contributed by atoms with E-state index in [-0.39, 0.29) is 24.5 Å². The molecule has 0 fully saturated rings. The molecule has 1 N–H and O–H groups in total. The van der Waals surface area contributed by atoms with E-state index in [1.54, 1.807) is 12.1 Å². The zero-order valence-electron chi connectivity index (χ0n) is 9.79. The molecule has 5 heteroatoms. The zero-order chi connectivity index (χ0) is 12.7. The molecule has 1 aromatic rings. The summed E-state index contributed by atoms with van der Waals surface area (Å²) in [6, 6.07) is 3.39. The highest BCUT2D eigenvalue weighted by Crippen LogP contribution is 2.22. The van der Waals surface area contributed by atoms with E-state index in [4.69, 9.17) is 11.6 Å². The number of thiophene rings is 1. The van der Waals surface area contributed by atoms with Gasteiger partial charge in [-0.05, 0) is 18.6 Å². The van der Waals surface area contributed by atoms with Crippen LogP contribution in [0, 0.1) is 0 Å². The second kappa shape index (κ2) is 7.45. The van der Waals surface area contributed by atoms with Crippen molar-refractivity contribution in [2.24, 2.45) is 0 Å². The van der Waals surface area contributed by atoms with Crippen LogP contribution in [0.5, 0.6) is 0 Å². The van der Waals surface area contributed by atoms with Crippen molar-refractivity contribution in [2.75, 3.05) is 6.54 Å². The van der Waals surface area contributed by atoms with Gasteiger partial charge < -0.3 is 5.32 Å². The summed E-state index contributed by atoms with van der Waals surface area (Å²) in [7, 11) is 0. The van der Waals surface area contributed by atoms with Crippen molar-refractivity contribution in [1.29, 1.82) is 0 Å². The number of nitrogens with one attached hydrogen (secondary N) is 1. The molecule has 17 heavy (non-hydrogen) atoms. The number of hydrogen-bond acceptors (Lipinski definition) is 3. The summed E-state index contributed by atoms with van der Waals surface area (Å²) in [5.41, 5.74) is 0. The van der Waals surface area contributed by atoms with E-state index >= 15 is 0 Å². The highest BCUT2D eigenvalue weighted by Gasteiger charge is 2.10. The lowest BCUT2D eigenvalue weighted by molar-refractivity contribution is -0.121. The molecule has 94 valence electrons. The van der Waals surface area contributed by atoms with Gasteiger partial charge in [0, 0.05) is 19.4 Å². The summed E-state index contributed by atoms with van der Waals surface area (Å²) >= 11 is 6.99. The summed E-state index contributed by atoms with van der Waals surface area (Å²) in [6.45, 7) is 2.75. The highest BCUT2D eigenvalue weighted by molar-refractivity contribution is 7.18. The van der Waals surface area contributed by atoms with Crippen LogP contribution in [0.3, 0.4) is 0 Å². The van der Waals surface area contributed by atoms with E-state index in [0.29, 0.717) is 15.8 Å². The average Bonchev–Trinajstić information content (AvgIpc) is 2.73. The fourth-order valence-corrected chi connectivity index (χ4v) is 2.32. The van der Waals surface area contributed by atoms with Gasteiger partial charge in [0.05, 0.1) is 9.21 Å². The molecule has 1 rings (SSSR count). The summed E-state index contributed by atoms with van der Waals surface area (Å²) in [4.78, 5) is 23.7. The lowest BCUT2D eigenvalue weighted by atomic mass is 10.2. The first kappa shape index (κ1) is 14.2. The summed E-state index contributed by atoms with van der Waals surface area (Å²) in [6.07, 6.45) is 2.51. The molecule has 3 nitrogen and oxygen atoms in total.